The Balaban J connectivity index is 4.32. The van der Waals surface area contributed by atoms with Crippen molar-refractivity contribution < 1.29 is 0 Å². The molecule has 0 nitrogen and oxygen atoms in total. The second-order valence-electron chi connectivity index (χ2n) is 5.27. The first kappa shape index (κ1) is 16.7. The molecule has 0 aliphatic heterocycles. The topological polar surface area (TPSA) is 0 Å². The molecule has 0 heterocycles. The lowest BCUT2D eigenvalue weighted by Gasteiger charge is -2.19. The lowest BCUT2D eigenvalue weighted by molar-refractivity contribution is 0.492. The van der Waals surface area contributed by atoms with Crippen LogP contribution in [-0.2, 0) is 0 Å². The maximum Gasteiger partial charge on any atom is -0.0206 e. The van der Waals surface area contributed by atoms with Crippen LogP contribution in [0.5, 0.6) is 0 Å². The minimum Gasteiger partial charge on any atom is -0.0851 e. The molecule has 0 aliphatic carbocycles. The molecule has 0 heteroatoms. The lowest BCUT2D eigenvalue weighted by Crippen LogP contribution is -2.04. The Hall–Kier alpha value is -0.260. The van der Waals surface area contributed by atoms with Gasteiger partial charge in [-0.15, -0.1) is 0 Å². The first-order valence-electron chi connectivity index (χ1n) is 7.98. The number of rotatable bonds is 11. The Bertz CT molecular complexity index is 178. The molecule has 0 radical (unpaired) electrons. The third-order valence-corrected chi connectivity index (χ3v) is 3.71. The molecule has 0 spiro atoms. The Kier molecular flexibility index (Phi) is 12.0. The van der Waals surface area contributed by atoms with Crippen LogP contribution in [0.1, 0.15) is 91.9 Å². The average molecular weight is 238 g/mol. The third-order valence-electron chi connectivity index (χ3n) is 3.71. The molecule has 0 saturated heterocycles. The van der Waals surface area contributed by atoms with Crippen molar-refractivity contribution >= 4 is 0 Å². The molecule has 0 fully saturated rings. The summed E-state index contributed by atoms with van der Waals surface area (Å²) < 4.78 is 0. The minimum absolute atomic E-state index is 0.873. The van der Waals surface area contributed by atoms with E-state index < -0.39 is 0 Å². The molecule has 0 aromatic heterocycles. The van der Waals surface area contributed by atoms with Gasteiger partial charge in [-0.3, -0.25) is 0 Å². The van der Waals surface area contributed by atoms with E-state index in [4.69, 9.17) is 0 Å². The fraction of sp³-hybridized carbons (Fsp3) is 0.882. The molecule has 0 aromatic rings. The zero-order valence-corrected chi connectivity index (χ0v) is 12.7. The summed E-state index contributed by atoms with van der Waals surface area (Å²) in [5.74, 6) is 0.873. The van der Waals surface area contributed by atoms with Crippen LogP contribution in [-0.4, -0.2) is 0 Å². The van der Waals surface area contributed by atoms with Crippen LogP contribution in [0.2, 0.25) is 0 Å². The smallest absolute Gasteiger partial charge is 0.0206 e. The zero-order valence-electron chi connectivity index (χ0n) is 12.7. The van der Waals surface area contributed by atoms with Gasteiger partial charge in [0.1, 0.15) is 0 Å². The van der Waals surface area contributed by atoms with Gasteiger partial charge in [0.25, 0.3) is 0 Å². The maximum atomic E-state index is 2.57. The van der Waals surface area contributed by atoms with Crippen molar-refractivity contribution in [2.75, 3.05) is 0 Å². The van der Waals surface area contributed by atoms with E-state index in [-0.39, 0.29) is 0 Å². The monoisotopic (exact) mass is 238 g/mol. The average Bonchev–Trinajstić information content (AvgIpc) is 2.36. The number of hydrogen-bond donors (Lipinski definition) is 0. The van der Waals surface area contributed by atoms with Gasteiger partial charge in [-0.05, 0) is 38.0 Å². The van der Waals surface area contributed by atoms with E-state index in [0.29, 0.717) is 0 Å². The van der Waals surface area contributed by atoms with Crippen molar-refractivity contribution in [1.29, 1.82) is 0 Å². The van der Waals surface area contributed by atoms with Crippen molar-refractivity contribution in [1.82, 2.24) is 0 Å². The van der Waals surface area contributed by atoms with Crippen molar-refractivity contribution in [2.45, 2.75) is 91.9 Å². The second kappa shape index (κ2) is 12.2. The normalized spacial score (nSPS) is 14.0. The van der Waals surface area contributed by atoms with Gasteiger partial charge < -0.3 is 0 Å². The summed E-state index contributed by atoms with van der Waals surface area (Å²) in [7, 11) is 0. The van der Waals surface area contributed by atoms with Crippen LogP contribution in [0.15, 0.2) is 11.6 Å². The summed E-state index contributed by atoms with van der Waals surface area (Å²) in [4.78, 5) is 0. The van der Waals surface area contributed by atoms with Gasteiger partial charge >= 0.3 is 0 Å². The molecule has 0 saturated carbocycles. The summed E-state index contributed by atoms with van der Waals surface area (Å²) in [5.41, 5.74) is 1.77. The molecule has 0 rings (SSSR count). The molecule has 102 valence electrons. The largest absolute Gasteiger partial charge is 0.0851 e. The fourth-order valence-electron chi connectivity index (χ4n) is 2.45. The van der Waals surface area contributed by atoms with Crippen LogP contribution in [0.3, 0.4) is 0 Å². The Morgan fingerprint density at radius 1 is 0.882 bits per heavy atom. The van der Waals surface area contributed by atoms with Gasteiger partial charge in [-0.25, -0.2) is 0 Å². The van der Waals surface area contributed by atoms with Crippen LogP contribution in [0, 0.1) is 5.92 Å². The first-order valence-corrected chi connectivity index (χ1v) is 7.98. The van der Waals surface area contributed by atoms with E-state index in [1.807, 2.05) is 0 Å². The van der Waals surface area contributed by atoms with Gasteiger partial charge in [0.2, 0.25) is 0 Å². The van der Waals surface area contributed by atoms with E-state index in [2.05, 4.69) is 33.8 Å². The molecule has 0 aliphatic rings. The quantitative estimate of drug-likeness (QED) is 0.284. The Morgan fingerprint density at radius 3 is 2.06 bits per heavy atom. The van der Waals surface area contributed by atoms with Crippen molar-refractivity contribution in [3.63, 3.8) is 0 Å². The van der Waals surface area contributed by atoms with E-state index in [1.54, 1.807) is 5.57 Å². The van der Waals surface area contributed by atoms with Crippen molar-refractivity contribution in [2.24, 2.45) is 5.92 Å². The van der Waals surface area contributed by atoms with Gasteiger partial charge in [-0.2, -0.15) is 0 Å². The molecule has 0 N–H and O–H groups in total. The van der Waals surface area contributed by atoms with Crippen LogP contribution in [0.4, 0.5) is 0 Å². The molecule has 1 atom stereocenters. The maximum absolute atomic E-state index is 2.57. The van der Waals surface area contributed by atoms with Gasteiger partial charge in [0.05, 0.1) is 0 Å². The van der Waals surface area contributed by atoms with Crippen molar-refractivity contribution in [3.8, 4) is 0 Å². The van der Waals surface area contributed by atoms with Crippen LogP contribution >= 0.6 is 0 Å². The molecule has 0 aromatic carbocycles. The second-order valence-corrected chi connectivity index (χ2v) is 5.27. The molecular weight excluding hydrogens is 204 g/mol. The highest BCUT2D eigenvalue weighted by Gasteiger charge is 2.11. The van der Waals surface area contributed by atoms with E-state index in [0.717, 1.165) is 5.92 Å². The summed E-state index contributed by atoms with van der Waals surface area (Å²) in [6, 6.07) is 0. The van der Waals surface area contributed by atoms with Gasteiger partial charge in [0, 0.05) is 0 Å². The SMILES string of the molecule is CCCCC=C(CCCC)C(CC)CCCC. The summed E-state index contributed by atoms with van der Waals surface area (Å²) >= 11 is 0. The number of hydrogen-bond acceptors (Lipinski definition) is 0. The zero-order chi connectivity index (χ0) is 12.9. The van der Waals surface area contributed by atoms with Gasteiger partial charge in [0.15, 0.2) is 0 Å². The van der Waals surface area contributed by atoms with Gasteiger partial charge in [-0.1, -0.05) is 71.4 Å². The van der Waals surface area contributed by atoms with E-state index in [1.165, 1.54) is 64.2 Å². The van der Waals surface area contributed by atoms with E-state index in [9.17, 15) is 0 Å². The number of allylic oxidation sites excluding steroid dienone is 2. The highest BCUT2D eigenvalue weighted by atomic mass is 14.2. The van der Waals surface area contributed by atoms with Crippen LogP contribution in [0.25, 0.3) is 0 Å². The first-order chi connectivity index (χ1) is 8.29. The molecule has 0 amide bonds. The number of unbranched alkanes of at least 4 members (excludes halogenated alkanes) is 4. The standard InChI is InChI=1S/C17H34/c1-5-9-12-15-17(14-11-7-3)16(8-4)13-10-6-2/h15-16H,5-14H2,1-4H3. The highest BCUT2D eigenvalue weighted by molar-refractivity contribution is 5.06. The molecular formula is C17H34. The third kappa shape index (κ3) is 8.46. The molecule has 1 unspecified atom stereocenters. The van der Waals surface area contributed by atoms with E-state index >= 15 is 0 Å². The highest BCUT2D eigenvalue weighted by Crippen LogP contribution is 2.26. The summed E-state index contributed by atoms with van der Waals surface area (Å²) in [5, 5.41) is 0. The van der Waals surface area contributed by atoms with Crippen molar-refractivity contribution in [3.05, 3.63) is 11.6 Å². The Labute approximate surface area is 110 Å². The predicted octanol–water partition coefficient (Wildman–Crippen LogP) is 6.51. The molecule has 0 bridgehead atoms. The summed E-state index contributed by atoms with van der Waals surface area (Å²) in [6.07, 6.45) is 16.1. The lowest BCUT2D eigenvalue weighted by atomic mass is 9.87. The molecule has 17 heavy (non-hydrogen) atoms. The Morgan fingerprint density at radius 2 is 1.53 bits per heavy atom. The minimum atomic E-state index is 0.873. The van der Waals surface area contributed by atoms with Crippen LogP contribution < -0.4 is 0 Å². The summed E-state index contributed by atoms with van der Waals surface area (Å²) in [6.45, 7) is 9.25. The fourth-order valence-corrected chi connectivity index (χ4v) is 2.45. The predicted molar refractivity (Wildman–Crippen MR) is 80.4 cm³/mol.